The first-order valence-corrected chi connectivity index (χ1v) is 57.1. The average molecular weight is 1930 g/mol. The monoisotopic (exact) mass is 1930 g/mol. The lowest BCUT2D eigenvalue weighted by Gasteiger charge is -2.60. The van der Waals surface area contributed by atoms with E-state index in [0.29, 0.717) is 49.1 Å². The Morgan fingerprint density at radius 2 is 0.547 bits per heavy atom. The molecule has 0 heterocycles. The van der Waals surface area contributed by atoms with Crippen molar-refractivity contribution in [3.63, 3.8) is 0 Å². The molecule has 0 spiro atoms. The lowest BCUT2D eigenvalue weighted by Crippen LogP contribution is -2.58. The standard InChI is InChI=1S/C33H37O3S.C32H37O2S.C31H35O2S.C30H33O2S/c1-22-14-30(37(28-10-6-4-7-11-28)29-12-8-5-9-13-29)15-23(2)32(22)35-21-31(34)36-33(3)26-17-24-16-25(19-26)20-27(33)18-24;1-23-15-28(34-22-33-21-32(2)26-17-24-16-25(19-26)20-27(32)18-24)13-14-31(23)35(29-9-5-3-6-10-29)30-11-7-4-8-12-30;1-31(25-17-23-16-24(19-25)20-26(31)18-23)21-32-22-33-27-12-14-30(15-13-27)34(28-8-4-2-5-9-28)29-10-6-3-7-11-29;1-21-14-26(31-20-32-30-24-16-22-15-23(18-24)19-25(30)17-22)12-13-29(21)33(27-8-4-2-5-9-27)28-10-6-3-7-11-28/h4-15,24-27H,16-21H2,1-3H3;3-15,24-27H,16-22H2,1-2H3;2-15,23-26H,16-22H2,1H3;2-14,22-25,30H,15-20H2,1H3/q4*+1. The minimum atomic E-state index is -0.318. The molecule has 0 atom stereocenters. The SMILES string of the molecule is CC1(COCOc2ccc([S+](c3ccccc3)c3ccccc3)cc2)C2CC3CC(C2)CC1C3.Cc1cc(OCOC2C3CC4CC(C3)CC2C4)ccc1[S+](c1ccccc1)c1ccccc1.Cc1cc(OCOCC2(C)C3CC4CC(C3)CC2C4)ccc1[S+](c1ccccc1)c1ccccc1.Cc1cc([S+](c2ccccc2)c2ccccc2)cc(C)c1OCC(=O)OC1(C)C2CC3CC(C2)CC1C3. The van der Waals surface area contributed by atoms with E-state index in [0.717, 1.165) is 130 Å². The van der Waals surface area contributed by atoms with E-state index in [9.17, 15) is 4.79 Å². The number of hydrogen-bond donors (Lipinski definition) is 0. The third kappa shape index (κ3) is 21.4. The van der Waals surface area contributed by atoms with E-state index in [2.05, 4.69) is 364 Å². The van der Waals surface area contributed by atoms with Gasteiger partial charge >= 0.3 is 5.97 Å². The summed E-state index contributed by atoms with van der Waals surface area (Å²) >= 11 is 0. The predicted molar refractivity (Wildman–Crippen MR) is 563 cm³/mol. The molecule has 28 rings (SSSR count). The highest BCUT2D eigenvalue weighted by Crippen LogP contribution is 2.65. The molecule has 0 N–H and O–H groups in total. The number of esters is 1. The quantitative estimate of drug-likeness (QED) is 0.0189. The van der Waals surface area contributed by atoms with Crippen molar-refractivity contribution in [1.29, 1.82) is 0 Å². The topological polar surface area (TPSA) is 90.9 Å². The maximum atomic E-state index is 13.0. The fraction of sp³-hybridized carbons (Fsp3) is 0.421. The lowest BCUT2D eigenvalue weighted by molar-refractivity contribution is -0.204. The zero-order valence-electron chi connectivity index (χ0n) is 82.5. The Labute approximate surface area is 839 Å². The van der Waals surface area contributed by atoms with Crippen LogP contribution in [-0.2, 0) is 67.3 Å². The Bertz CT molecular complexity index is 5760. The number of carbonyl (C=O) groups is 1. The van der Waals surface area contributed by atoms with Crippen molar-refractivity contribution in [3.05, 3.63) is 338 Å². The zero-order chi connectivity index (χ0) is 94.6. The number of carbonyl (C=O) groups excluding carboxylic acids is 1. The Balaban J connectivity index is 0.000000110. The smallest absolute Gasteiger partial charge is 0.344 e. The van der Waals surface area contributed by atoms with E-state index in [-0.39, 0.29) is 61.8 Å². The molecule has 12 aromatic carbocycles. The van der Waals surface area contributed by atoms with Gasteiger partial charge in [-0.1, -0.05) is 159 Å². The van der Waals surface area contributed by atoms with E-state index in [1.807, 2.05) is 0 Å². The van der Waals surface area contributed by atoms with Crippen LogP contribution in [0.4, 0.5) is 0 Å². The first kappa shape index (κ1) is 95.8. The number of rotatable bonds is 30. The number of hydrogen-bond acceptors (Lipinski definition) is 9. The van der Waals surface area contributed by atoms with Gasteiger partial charge in [0.25, 0.3) is 0 Å². The number of aryl methyl sites for hydroxylation is 4. The molecule has 16 aliphatic rings. The van der Waals surface area contributed by atoms with Crippen LogP contribution in [0, 0.1) is 133 Å². The molecule has 139 heavy (non-hydrogen) atoms. The van der Waals surface area contributed by atoms with Crippen LogP contribution in [0.25, 0.3) is 0 Å². The molecular formula is C126H142O9S4+4. The van der Waals surface area contributed by atoms with Gasteiger partial charge in [-0.15, -0.1) is 0 Å². The molecule has 13 heteroatoms. The van der Waals surface area contributed by atoms with Gasteiger partial charge in [-0.2, -0.15) is 0 Å². The third-order valence-corrected chi connectivity index (χ3v) is 44.0. The lowest BCUT2D eigenvalue weighted by atomic mass is 9.46. The number of ether oxygens (including phenoxy) is 8. The van der Waals surface area contributed by atoms with Crippen molar-refractivity contribution >= 4 is 49.5 Å². The summed E-state index contributed by atoms with van der Waals surface area (Å²) in [6, 6.07) is 112. The van der Waals surface area contributed by atoms with Crippen molar-refractivity contribution in [3.8, 4) is 23.0 Å². The summed E-state index contributed by atoms with van der Waals surface area (Å²) in [6.45, 7) is 18.4. The second kappa shape index (κ2) is 43.0. The van der Waals surface area contributed by atoms with E-state index >= 15 is 0 Å². The molecule has 9 nitrogen and oxygen atoms in total. The highest BCUT2D eigenvalue weighted by Gasteiger charge is 2.59. The predicted octanol–water partition coefficient (Wildman–Crippen LogP) is 30.3. The molecule has 16 bridgehead atoms. The van der Waals surface area contributed by atoms with Gasteiger partial charge in [0, 0.05) is 23.3 Å². The van der Waals surface area contributed by atoms with E-state index in [4.69, 9.17) is 37.9 Å². The first-order valence-electron chi connectivity index (χ1n) is 52.2. The van der Waals surface area contributed by atoms with Crippen LogP contribution in [0.15, 0.2) is 374 Å². The summed E-state index contributed by atoms with van der Waals surface area (Å²) in [4.78, 5) is 28.9. The Hall–Kier alpha value is -9.41. The van der Waals surface area contributed by atoms with E-state index in [1.54, 1.807) is 0 Å². The molecule has 12 aromatic rings. The van der Waals surface area contributed by atoms with Crippen molar-refractivity contribution in [2.45, 2.75) is 247 Å². The summed E-state index contributed by atoms with van der Waals surface area (Å²) in [5.41, 5.74) is 4.99. The summed E-state index contributed by atoms with van der Waals surface area (Å²) in [7, 11) is -0.618. The minimum Gasteiger partial charge on any atom is -0.481 e. The van der Waals surface area contributed by atoms with Crippen molar-refractivity contribution in [2.75, 3.05) is 40.2 Å². The summed E-state index contributed by atoms with van der Waals surface area (Å²) in [6.07, 6.45) is 28.2. The second-order valence-corrected chi connectivity index (χ2v) is 51.9. The second-order valence-electron chi connectivity index (χ2n) is 43.9. The minimum absolute atomic E-state index is 0.0357. The van der Waals surface area contributed by atoms with Crippen molar-refractivity contribution < 1.29 is 42.7 Å². The Kier molecular flexibility index (Phi) is 29.6. The fourth-order valence-corrected chi connectivity index (χ4v) is 37.4. The molecule has 0 aromatic heterocycles. The third-order valence-electron chi connectivity index (χ3n) is 34.8. The van der Waals surface area contributed by atoms with Crippen molar-refractivity contribution in [1.82, 2.24) is 0 Å². The molecule has 16 saturated carbocycles. The van der Waals surface area contributed by atoms with Gasteiger partial charge in [0.15, 0.2) is 85.7 Å². The van der Waals surface area contributed by atoms with Crippen LogP contribution in [-0.4, -0.2) is 57.9 Å². The Morgan fingerprint density at radius 3 is 0.871 bits per heavy atom. The molecule has 0 radical (unpaired) electrons. The van der Waals surface area contributed by atoms with Crippen LogP contribution < -0.4 is 18.9 Å². The maximum absolute atomic E-state index is 13.0. The van der Waals surface area contributed by atoms with Crippen LogP contribution in [0.2, 0.25) is 0 Å². The van der Waals surface area contributed by atoms with Crippen LogP contribution >= 0.6 is 0 Å². The summed E-state index contributed by atoms with van der Waals surface area (Å²) in [5, 5.41) is 0. The molecule has 720 valence electrons. The summed E-state index contributed by atoms with van der Waals surface area (Å²) in [5.74, 6) is 16.9. The normalized spacial score (nSPS) is 28.5. The highest BCUT2D eigenvalue weighted by atomic mass is 32.2. The molecule has 0 amide bonds. The molecule has 16 aliphatic carbocycles. The first-order chi connectivity index (χ1) is 67.9. The van der Waals surface area contributed by atoms with Gasteiger partial charge in [-0.25, -0.2) is 4.79 Å². The van der Waals surface area contributed by atoms with Gasteiger partial charge < -0.3 is 37.9 Å². The van der Waals surface area contributed by atoms with Crippen molar-refractivity contribution in [2.24, 2.45) is 106 Å². The number of benzene rings is 12. The summed E-state index contributed by atoms with van der Waals surface area (Å²) < 4.78 is 49.3. The average Bonchev–Trinajstić information content (AvgIpc) is 0.735. The van der Waals surface area contributed by atoms with E-state index < -0.39 is 0 Å². The molecule has 16 fully saturated rings. The van der Waals surface area contributed by atoms with Gasteiger partial charge in [-0.3, -0.25) is 0 Å². The largest absolute Gasteiger partial charge is 0.481 e. The molecular weight excluding hydrogens is 1790 g/mol. The molecule has 0 aliphatic heterocycles. The van der Waals surface area contributed by atoms with Gasteiger partial charge in [-0.05, 0) is 437 Å². The van der Waals surface area contributed by atoms with Gasteiger partial charge in [0.2, 0.25) is 0 Å². The zero-order valence-corrected chi connectivity index (χ0v) is 85.8. The molecule has 0 saturated heterocycles. The van der Waals surface area contributed by atoms with Gasteiger partial charge in [0.1, 0.15) is 28.6 Å². The van der Waals surface area contributed by atoms with Crippen LogP contribution in [0.3, 0.4) is 0 Å². The maximum Gasteiger partial charge on any atom is 0.344 e. The van der Waals surface area contributed by atoms with E-state index in [1.165, 1.54) is 198 Å². The highest BCUT2D eigenvalue weighted by molar-refractivity contribution is 7.98. The van der Waals surface area contributed by atoms with Crippen LogP contribution in [0.5, 0.6) is 23.0 Å². The molecule has 0 unspecified atom stereocenters. The van der Waals surface area contributed by atoms with Gasteiger partial charge in [0.05, 0.1) is 62.9 Å². The Morgan fingerprint density at radius 1 is 0.273 bits per heavy atom. The van der Waals surface area contributed by atoms with Crippen LogP contribution in [0.1, 0.15) is 171 Å². The fourth-order valence-electron chi connectivity index (χ4n) is 28.6.